The number of anilines is 1. The maximum atomic E-state index is 13.1. The van der Waals surface area contributed by atoms with Crippen molar-refractivity contribution >= 4 is 35.6 Å². The number of carbonyl (C=O) groups is 1. The number of hydrogen-bond acceptors (Lipinski definition) is 7. The zero-order chi connectivity index (χ0) is 20.6. The molecule has 2 heterocycles. The van der Waals surface area contributed by atoms with Gasteiger partial charge in [-0.1, -0.05) is 11.6 Å². The number of carbonyl (C=O) groups excluding carboxylic acids is 1. The molecule has 0 aliphatic carbocycles. The molecule has 1 saturated heterocycles. The molecule has 29 heavy (non-hydrogen) atoms. The summed E-state index contributed by atoms with van der Waals surface area (Å²) in [6.07, 6.45) is 5.18. The van der Waals surface area contributed by atoms with Gasteiger partial charge in [-0.15, -0.1) is 0 Å². The Labute approximate surface area is 173 Å². The summed E-state index contributed by atoms with van der Waals surface area (Å²) in [6, 6.07) is 10.2. The number of piperidine rings is 1. The van der Waals surface area contributed by atoms with Crippen molar-refractivity contribution in [3.05, 3.63) is 52.7 Å². The molecule has 1 aliphatic rings. The Kier molecular flexibility index (Phi) is 6.76. The third-order valence-electron chi connectivity index (χ3n) is 4.36. The van der Waals surface area contributed by atoms with Crippen LogP contribution in [0.2, 0.25) is 5.02 Å². The highest BCUT2D eigenvalue weighted by atomic mass is 35.5. The molecule has 8 nitrogen and oxygen atoms in total. The summed E-state index contributed by atoms with van der Waals surface area (Å²) in [6.45, 7) is 0.993. The number of nitrogens with one attached hydrogen (secondary N) is 2. The standard InChI is InChI=1S/C20H19ClN6O2/c21-15-3-4-18(26-25-8-6-22)17(11-15)20(28)27-9-1-2-16(13-27)29-19-10-14(12-23)5-7-24-19/h3-8,10-11,16,22,26H,1-2,9,13H2/b22-6?,25-8-/t16-/m1/s1. The predicted molar refractivity (Wildman–Crippen MR) is 111 cm³/mol. The molecule has 2 aromatic rings. The Bertz CT molecular complexity index is 972. The van der Waals surface area contributed by atoms with Crippen molar-refractivity contribution in [2.45, 2.75) is 18.9 Å². The van der Waals surface area contributed by atoms with Gasteiger partial charge in [0.2, 0.25) is 5.88 Å². The highest BCUT2D eigenvalue weighted by Crippen LogP contribution is 2.25. The van der Waals surface area contributed by atoms with E-state index < -0.39 is 0 Å². The minimum atomic E-state index is -0.222. The van der Waals surface area contributed by atoms with E-state index in [1.807, 2.05) is 0 Å². The maximum absolute atomic E-state index is 13.1. The molecule has 148 valence electrons. The number of amides is 1. The number of hydrazone groups is 1. The predicted octanol–water partition coefficient (Wildman–Crippen LogP) is 3.34. The van der Waals surface area contributed by atoms with Crippen LogP contribution in [-0.2, 0) is 0 Å². The monoisotopic (exact) mass is 410 g/mol. The molecule has 3 rings (SSSR count). The van der Waals surface area contributed by atoms with E-state index in [9.17, 15) is 4.79 Å². The van der Waals surface area contributed by atoms with E-state index in [2.05, 4.69) is 21.6 Å². The molecule has 9 heteroatoms. The SMILES string of the molecule is N#Cc1ccnc(O[C@@H]2CCCN(C(=O)c3cc(Cl)ccc3N/N=C\C=N)C2)c1. The summed E-state index contributed by atoms with van der Waals surface area (Å²) >= 11 is 6.09. The molecule has 1 aromatic carbocycles. The number of ether oxygens (including phenoxy) is 1. The molecular weight excluding hydrogens is 392 g/mol. The first-order chi connectivity index (χ1) is 14.1. The number of likely N-dealkylation sites (tertiary alicyclic amines) is 1. The second-order valence-electron chi connectivity index (χ2n) is 6.37. The zero-order valence-corrected chi connectivity index (χ0v) is 16.3. The van der Waals surface area contributed by atoms with Gasteiger partial charge in [0.15, 0.2) is 0 Å². The van der Waals surface area contributed by atoms with Gasteiger partial charge < -0.3 is 15.0 Å². The summed E-state index contributed by atoms with van der Waals surface area (Å²) in [5.74, 6) is 0.182. The lowest BCUT2D eigenvalue weighted by molar-refractivity contribution is 0.0528. The molecule has 0 unspecified atom stereocenters. The molecule has 1 aromatic heterocycles. The zero-order valence-electron chi connectivity index (χ0n) is 15.5. The van der Waals surface area contributed by atoms with Crippen LogP contribution in [0.3, 0.4) is 0 Å². The van der Waals surface area contributed by atoms with Gasteiger partial charge in [-0.25, -0.2) is 4.98 Å². The van der Waals surface area contributed by atoms with Crippen molar-refractivity contribution in [1.82, 2.24) is 9.88 Å². The molecule has 1 aliphatic heterocycles. The Morgan fingerprint density at radius 2 is 2.31 bits per heavy atom. The van der Waals surface area contributed by atoms with Crippen LogP contribution >= 0.6 is 11.6 Å². The third kappa shape index (κ3) is 5.30. The number of halogens is 1. The van der Waals surface area contributed by atoms with Gasteiger partial charge in [-0.3, -0.25) is 10.2 Å². The van der Waals surface area contributed by atoms with Crippen molar-refractivity contribution in [3.63, 3.8) is 0 Å². The normalized spacial score (nSPS) is 16.3. The lowest BCUT2D eigenvalue weighted by Crippen LogP contribution is -2.44. The lowest BCUT2D eigenvalue weighted by atomic mass is 10.1. The number of benzene rings is 1. The summed E-state index contributed by atoms with van der Waals surface area (Å²) in [5.41, 5.74) is 4.13. The van der Waals surface area contributed by atoms with Gasteiger partial charge in [-0.05, 0) is 37.1 Å². The van der Waals surface area contributed by atoms with E-state index in [-0.39, 0.29) is 12.0 Å². The summed E-state index contributed by atoms with van der Waals surface area (Å²) in [4.78, 5) is 19.0. The van der Waals surface area contributed by atoms with Crippen molar-refractivity contribution in [2.24, 2.45) is 5.10 Å². The maximum Gasteiger partial charge on any atom is 0.256 e. The molecule has 0 spiro atoms. The second-order valence-corrected chi connectivity index (χ2v) is 6.81. The molecular formula is C20H19ClN6O2. The average Bonchev–Trinajstić information content (AvgIpc) is 2.74. The van der Waals surface area contributed by atoms with Crippen LogP contribution in [0.15, 0.2) is 41.6 Å². The Balaban J connectivity index is 1.74. The number of nitriles is 1. The summed E-state index contributed by atoms with van der Waals surface area (Å²) in [5, 5.41) is 20.3. The van der Waals surface area contributed by atoms with E-state index in [4.69, 9.17) is 27.0 Å². The van der Waals surface area contributed by atoms with Crippen molar-refractivity contribution in [2.75, 3.05) is 18.5 Å². The van der Waals surface area contributed by atoms with E-state index in [0.717, 1.165) is 19.1 Å². The van der Waals surface area contributed by atoms with Crippen LogP contribution in [0.25, 0.3) is 0 Å². The Morgan fingerprint density at radius 1 is 1.45 bits per heavy atom. The van der Waals surface area contributed by atoms with Crippen LogP contribution in [0, 0.1) is 16.7 Å². The van der Waals surface area contributed by atoms with Gasteiger partial charge in [0.25, 0.3) is 5.91 Å². The second kappa shape index (κ2) is 9.66. The van der Waals surface area contributed by atoms with Crippen molar-refractivity contribution in [3.8, 4) is 11.9 Å². The largest absolute Gasteiger partial charge is 0.472 e. The first-order valence-electron chi connectivity index (χ1n) is 9.00. The fourth-order valence-electron chi connectivity index (χ4n) is 3.04. The van der Waals surface area contributed by atoms with Gasteiger partial charge in [-0.2, -0.15) is 10.4 Å². The fraction of sp³-hybridized carbons (Fsp3) is 0.250. The first-order valence-corrected chi connectivity index (χ1v) is 9.38. The molecule has 0 saturated carbocycles. The van der Waals surface area contributed by atoms with E-state index in [1.165, 1.54) is 12.4 Å². The van der Waals surface area contributed by atoms with Gasteiger partial charge >= 0.3 is 0 Å². The highest BCUT2D eigenvalue weighted by Gasteiger charge is 2.27. The average molecular weight is 411 g/mol. The topological polar surface area (TPSA) is 114 Å². The number of aromatic nitrogens is 1. The van der Waals surface area contributed by atoms with Crippen molar-refractivity contribution < 1.29 is 9.53 Å². The van der Waals surface area contributed by atoms with E-state index in [0.29, 0.717) is 40.8 Å². The van der Waals surface area contributed by atoms with Crippen LogP contribution < -0.4 is 10.2 Å². The minimum absolute atomic E-state index is 0.188. The molecule has 0 radical (unpaired) electrons. The Hall–Kier alpha value is -3.44. The number of rotatable bonds is 6. The van der Waals surface area contributed by atoms with Gasteiger partial charge in [0.1, 0.15) is 6.10 Å². The number of pyridine rings is 1. The Morgan fingerprint density at radius 3 is 3.10 bits per heavy atom. The summed E-state index contributed by atoms with van der Waals surface area (Å²) < 4.78 is 5.90. The smallest absolute Gasteiger partial charge is 0.256 e. The van der Waals surface area contributed by atoms with E-state index in [1.54, 1.807) is 35.2 Å². The van der Waals surface area contributed by atoms with Crippen LogP contribution in [0.1, 0.15) is 28.8 Å². The molecule has 1 amide bonds. The van der Waals surface area contributed by atoms with Crippen LogP contribution in [0.5, 0.6) is 5.88 Å². The molecule has 0 bridgehead atoms. The number of hydrogen-bond donors (Lipinski definition) is 2. The molecule has 1 atom stereocenters. The highest BCUT2D eigenvalue weighted by molar-refractivity contribution is 6.31. The van der Waals surface area contributed by atoms with Gasteiger partial charge in [0.05, 0.1) is 35.6 Å². The van der Waals surface area contributed by atoms with Gasteiger partial charge in [0, 0.05) is 30.0 Å². The minimum Gasteiger partial charge on any atom is -0.472 e. The van der Waals surface area contributed by atoms with E-state index >= 15 is 0 Å². The van der Waals surface area contributed by atoms with Crippen LogP contribution in [0.4, 0.5) is 5.69 Å². The first kappa shape index (κ1) is 20.3. The third-order valence-corrected chi connectivity index (χ3v) is 4.60. The number of nitrogens with zero attached hydrogens (tertiary/aromatic N) is 4. The molecule has 2 N–H and O–H groups in total. The molecule has 1 fully saturated rings. The summed E-state index contributed by atoms with van der Waals surface area (Å²) in [7, 11) is 0. The fourth-order valence-corrected chi connectivity index (χ4v) is 3.21. The van der Waals surface area contributed by atoms with Crippen LogP contribution in [-0.4, -0.2) is 47.4 Å². The van der Waals surface area contributed by atoms with Crippen molar-refractivity contribution in [1.29, 1.82) is 10.7 Å². The quantitative estimate of drug-likeness (QED) is 0.559. The lowest BCUT2D eigenvalue weighted by Gasteiger charge is -2.33.